The van der Waals surface area contributed by atoms with Gasteiger partial charge in [-0.05, 0) is 69.3 Å². The summed E-state index contributed by atoms with van der Waals surface area (Å²) in [7, 11) is 1.57. The molecule has 7 heteroatoms. The highest BCUT2D eigenvalue weighted by atomic mass is 79.9. The van der Waals surface area contributed by atoms with Crippen molar-refractivity contribution in [2.24, 2.45) is 40.6 Å². The second-order valence-electron chi connectivity index (χ2n) is 9.20. The summed E-state index contributed by atoms with van der Waals surface area (Å²) in [5, 5.41) is 5.41. The van der Waals surface area contributed by atoms with Crippen LogP contribution < -0.4 is 9.47 Å². The molecule has 2 saturated carbocycles. The number of allylic oxidation sites excluding steroid dienone is 2. The molecular formula is C26H23BrN2O4. The lowest BCUT2D eigenvalue weighted by molar-refractivity contribution is -0.140. The zero-order valence-corrected chi connectivity index (χ0v) is 19.6. The van der Waals surface area contributed by atoms with Gasteiger partial charge in [-0.2, -0.15) is 10.1 Å². The molecule has 5 aliphatic rings. The number of carbonyl (C=O) groups excluding carboxylic acids is 2. The molecule has 0 aromatic heterocycles. The molecule has 4 aliphatic carbocycles. The lowest BCUT2D eigenvalue weighted by Crippen LogP contribution is -2.40. The topological polar surface area (TPSA) is 68.2 Å². The van der Waals surface area contributed by atoms with Gasteiger partial charge in [-0.1, -0.05) is 42.5 Å². The molecule has 168 valence electrons. The molecular weight excluding hydrogens is 484 g/mol. The molecule has 2 amide bonds. The number of rotatable bonds is 6. The highest BCUT2D eigenvalue weighted by molar-refractivity contribution is 9.10. The quantitative estimate of drug-likeness (QED) is 0.330. The van der Waals surface area contributed by atoms with Crippen molar-refractivity contribution in [3.63, 3.8) is 0 Å². The Balaban J connectivity index is 1.21. The predicted molar refractivity (Wildman–Crippen MR) is 126 cm³/mol. The fraction of sp³-hybridized carbons (Fsp3) is 0.346. The fourth-order valence-corrected chi connectivity index (χ4v) is 6.44. The third kappa shape index (κ3) is 3.32. The van der Waals surface area contributed by atoms with Gasteiger partial charge in [0.05, 0.1) is 29.6 Å². The summed E-state index contributed by atoms with van der Waals surface area (Å²) in [5.74, 6) is 1.83. The molecule has 0 radical (unpaired) electrons. The van der Waals surface area contributed by atoms with E-state index in [9.17, 15) is 9.59 Å². The third-order valence-corrected chi connectivity index (χ3v) is 8.03. The minimum atomic E-state index is -0.247. The van der Waals surface area contributed by atoms with Crippen molar-refractivity contribution in [1.29, 1.82) is 0 Å². The fourth-order valence-electron chi connectivity index (χ4n) is 5.86. The van der Waals surface area contributed by atoms with Crippen molar-refractivity contribution in [3.05, 3.63) is 70.2 Å². The number of hydrazone groups is 1. The van der Waals surface area contributed by atoms with E-state index in [0.29, 0.717) is 40.0 Å². The average molecular weight is 507 g/mol. The third-order valence-electron chi connectivity index (χ3n) is 7.44. The van der Waals surface area contributed by atoms with Gasteiger partial charge in [0.15, 0.2) is 11.5 Å². The summed E-state index contributed by atoms with van der Waals surface area (Å²) >= 11 is 3.55. The summed E-state index contributed by atoms with van der Waals surface area (Å²) in [4.78, 5) is 26.2. The number of amides is 2. The molecule has 0 N–H and O–H groups in total. The first-order chi connectivity index (χ1) is 16.1. The van der Waals surface area contributed by atoms with Crippen LogP contribution in [-0.2, 0) is 16.2 Å². The van der Waals surface area contributed by atoms with Crippen LogP contribution in [0.25, 0.3) is 0 Å². The van der Waals surface area contributed by atoms with Crippen LogP contribution in [0.4, 0.5) is 0 Å². The number of carbonyl (C=O) groups is 2. The Morgan fingerprint density at radius 1 is 1.06 bits per heavy atom. The van der Waals surface area contributed by atoms with Gasteiger partial charge in [-0.15, -0.1) is 0 Å². The van der Waals surface area contributed by atoms with Gasteiger partial charge in [0, 0.05) is 0 Å². The second-order valence-corrected chi connectivity index (χ2v) is 10.1. The molecule has 0 unspecified atom stereocenters. The van der Waals surface area contributed by atoms with Gasteiger partial charge in [-0.25, -0.2) is 0 Å². The van der Waals surface area contributed by atoms with Crippen molar-refractivity contribution in [3.8, 4) is 11.5 Å². The van der Waals surface area contributed by atoms with Crippen LogP contribution in [0.5, 0.6) is 11.5 Å². The number of nitrogens with zero attached hydrogens (tertiary/aromatic N) is 2. The minimum Gasteiger partial charge on any atom is -0.493 e. The van der Waals surface area contributed by atoms with E-state index < -0.39 is 0 Å². The largest absolute Gasteiger partial charge is 0.493 e. The summed E-state index contributed by atoms with van der Waals surface area (Å²) in [6, 6.07) is 13.5. The Bertz CT molecular complexity index is 1160. The highest BCUT2D eigenvalue weighted by Crippen LogP contribution is 2.65. The Morgan fingerprint density at radius 3 is 2.36 bits per heavy atom. The van der Waals surface area contributed by atoms with Gasteiger partial charge in [0.2, 0.25) is 0 Å². The van der Waals surface area contributed by atoms with Crippen LogP contribution in [-0.4, -0.2) is 30.1 Å². The molecule has 0 spiro atoms. The van der Waals surface area contributed by atoms with Gasteiger partial charge < -0.3 is 9.47 Å². The van der Waals surface area contributed by atoms with Crippen molar-refractivity contribution >= 4 is 34.0 Å². The summed E-state index contributed by atoms with van der Waals surface area (Å²) in [6.45, 7) is 0.404. The van der Waals surface area contributed by atoms with E-state index in [2.05, 4.69) is 33.2 Å². The number of benzene rings is 2. The molecule has 33 heavy (non-hydrogen) atoms. The molecule has 3 fully saturated rings. The van der Waals surface area contributed by atoms with Crippen LogP contribution in [0.15, 0.2) is 64.2 Å². The van der Waals surface area contributed by atoms with Gasteiger partial charge in [0.25, 0.3) is 11.8 Å². The Hall–Kier alpha value is -2.93. The van der Waals surface area contributed by atoms with Crippen LogP contribution in [0.3, 0.4) is 0 Å². The van der Waals surface area contributed by atoms with E-state index in [1.54, 1.807) is 13.2 Å². The number of ether oxygens (including phenoxy) is 2. The number of hydrogen-bond donors (Lipinski definition) is 0. The second kappa shape index (κ2) is 7.83. The molecule has 2 bridgehead atoms. The summed E-state index contributed by atoms with van der Waals surface area (Å²) in [6.07, 6.45) is 7.01. The highest BCUT2D eigenvalue weighted by Gasteiger charge is 2.67. The van der Waals surface area contributed by atoms with Crippen molar-refractivity contribution in [1.82, 2.24) is 5.01 Å². The maximum atomic E-state index is 13.1. The molecule has 6 nitrogen and oxygen atoms in total. The molecule has 2 aromatic carbocycles. The number of halogens is 1. The summed E-state index contributed by atoms with van der Waals surface area (Å²) in [5.41, 5.74) is 1.75. The molecule has 2 aromatic rings. The number of methoxy groups -OCH3 is 1. The molecule has 1 aliphatic heterocycles. The molecule has 1 saturated heterocycles. The number of imide groups is 1. The number of hydrogen-bond acceptors (Lipinski definition) is 5. The first-order valence-corrected chi connectivity index (χ1v) is 12.0. The van der Waals surface area contributed by atoms with Crippen LogP contribution in [0.2, 0.25) is 0 Å². The Kier molecular flexibility index (Phi) is 4.91. The van der Waals surface area contributed by atoms with E-state index in [1.165, 1.54) is 6.21 Å². The smallest absolute Gasteiger partial charge is 0.254 e. The van der Waals surface area contributed by atoms with Crippen LogP contribution >= 0.6 is 15.9 Å². The molecule has 7 rings (SSSR count). The van der Waals surface area contributed by atoms with Gasteiger partial charge in [0.1, 0.15) is 6.61 Å². The summed E-state index contributed by atoms with van der Waals surface area (Å²) < 4.78 is 12.2. The van der Waals surface area contributed by atoms with Crippen LogP contribution in [0.1, 0.15) is 17.5 Å². The Morgan fingerprint density at radius 2 is 1.73 bits per heavy atom. The Labute approximate surface area is 200 Å². The lowest BCUT2D eigenvalue weighted by Gasteiger charge is -2.37. The lowest BCUT2D eigenvalue weighted by atomic mass is 9.63. The normalized spacial score (nSPS) is 31.2. The van der Waals surface area contributed by atoms with E-state index in [1.807, 2.05) is 36.4 Å². The van der Waals surface area contributed by atoms with E-state index >= 15 is 0 Å². The van der Waals surface area contributed by atoms with E-state index in [4.69, 9.17) is 9.47 Å². The SMILES string of the molecule is COc1cc(C=NN2C(=O)[C@@H]3[C@H]4C=C[C@@H]([C@@H]5C[C@@H]45)[C@@H]3C2=O)cc(Br)c1OCc1ccccc1. The van der Waals surface area contributed by atoms with Gasteiger partial charge in [-0.3, -0.25) is 9.59 Å². The predicted octanol–water partition coefficient (Wildman–Crippen LogP) is 4.42. The minimum absolute atomic E-state index is 0.167. The van der Waals surface area contributed by atoms with E-state index in [0.717, 1.165) is 17.0 Å². The zero-order chi connectivity index (χ0) is 22.7. The zero-order valence-electron chi connectivity index (χ0n) is 18.1. The first-order valence-electron chi connectivity index (χ1n) is 11.2. The average Bonchev–Trinajstić information content (AvgIpc) is 3.61. The van der Waals surface area contributed by atoms with E-state index in [-0.39, 0.29) is 35.5 Å². The van der Waals surface area contributed by atoms with Crippen molar-refractivity contribution < 1.29 is 19.1 Å². The van der Waals surface area contributed by atoms with Crippen LogP contribution in [0, 0.1) is 35.5 Å². The standard InChI is InChI=1S/C26H23BrN2O4/c1-32-21-10-15(9-20(27)24(21)33-13-14-5-3-2-4-6-14)12-28-29-25(30)22-16-7-8-17(19-11-18(16)19)23(22)26(29)31/h2-10,12,16-19,22-23H,11,13H2,1H3/t16-,17-,18-,19-,22-,23+/m0/s1. The van der Waals surface area contributed by atoms with Gasteiger partial charge >= 0.3 is 0 Å². The monoisotopic (exact) mass is 506 g/mol. The maximum Gasteiger partial charge on any atom is 0.254 e. The molecule has 1 heterocycles. The first kappa shape index (κ1) is 20.7. The maximum absolute atomic E-state index is 13.1. The van der Waals surface area contributed by atoms with Crippen molar-refractivity contribution in [2.45, 2.75) is 13.0 Å². The van der Waals surface area contributed by atoms with Crippen molar-refractivity contribution in [2.75, 3.05) is 7.11 Å². The molecule has 6 atom stereocenters.